The highest BCUT2D eigenvalue weighted by molar-refractivity contribution is 7.91. The van der Waals surface area contributed by atoms with Crippen LogP contribution in [-0.4, -0.2) is 73.1 Å². The summed E-state index contributed by atoms with van der Waals surface area (Å²) in [5.41, 5.74) is 1.16. The highest BCUT2D eigenvalue weighted by atomic mass is 32.2. The van der Waals surface area contributed by atoms with Crippen molar-refractivity contribution in [3.8, 4) is 0 Å². The third kappa shape index (κ3) is 4.97. The van der Waals surface area contributed by atoms with Crippen LogP contribution in [0.25, 0.3) is 0 Å². The molecular formula is C19H31N5O2S. The van der Waals surface area contributed by atoms with Crippen molar-refractivity contribution in [1.29, 1.82) is 0 Å². The van der Waals surface area contributed by atoms with Gasteiger partial charge in [-0.2, -0.15) is 0 Å². The zero-order chi connectivity index (χ0) is 18.7. The molecule has 1 aromatic heterocycles. The van der Waals surface area contributed by atoms with Crippen molar-refractivity contribution in [2.24, 2.45) is 0 Å². The average molecular weight is 394 g/mol. The molecule has 3 aliphatic rings. The van der Waals surface area contributed by atoms with Crippen molar-refractivity contribution in [3.05, 3.63) is 18.1 Å². The summed E-state index contributed by atoms with van der Waals surface area (Å²) in [7, 11) is -2.78. The lowest BCUT2D eigenvalue weighted by Crippen LogP contribution is -2.47. The summed E-state index contributed by atoms with van der Waals surface area (Å²) in [6, 6.07) is 3.01. The van der Waals surface area contributed by atoms with Gasteiger partial charge in [-0.1, -0.05) is 0 Å². The van der Waals surface area contributed by atoms with Crippen molar-refractivity contribution in [2.45, 2.75) is 56.5 Å². The summed E-state index contributed by atoms with van der Waals surface area (Å²) in [5, 5.41) is 7.01. The van der Waals surface area contributed by atoms with Crippen LogP contribution >= 0.6 is 0 Å². The maximum Gasteiger partial charge on any atom is 0.150 e. The molecule has 3 fully saturated rings. The quantitative estimate of drug-likeness (QED) is 0.799. The molecule has 27 heavy (non-hydrogen) atoms. The summed E-state index contributed by atoms with van der Waals surface area (Å²) >= 11 is 0. The summed E-state index contributed by atoms with van der Waals surface area (Å²) < 4.78 is 23.3. The number of anilines is 1. The van der Waals surface area contributed by atoms with Crippen LogP contribution in [0.2, 0.25) is 0 Å². The van der Waals surface area contributed by atoms with Crippen molar-refractivity contribution in [3.63, 3.8) is 0 Å². The lowest BCUT2D eigenvalue weighted by atomic mass is 9.94. The van der Waals surface area contributed by atoms with Gasteiger partial charge in [0.15, 0.2) is 0 Å². The van der Waals surface area contributed by atoms with E-state index in [-0.39, 0.29) is 0 Å². The lowest BCUT2D eigenvalue weighted by Gasteiger charge is -2.39. The van der Waals surface area contributed by atoms with E-state index < -0.39 is 9.84 Å². The minimum Gasteiger partial charge on any atom is -0.367 e. The first kappa shape index (κ1) is 19.1. The zero-order valence-corrected chi connectivity index (χ0v) is 16.8. The Morgan fingerprint density at radius 3 is 2.41 bits per heavy atom. The first-order valence-corrected chi connectivity index (χ1v) is 12.1. The van der Waals surface area contributed by atoms with Gasteiger partial charge >= 0.3 is 0 Å². The molecule has 7 nitrogen and oxygen atoms in total. The molecule has 1 aromatic rings. The van der Waals surface area contributed by atoms with Crippen LogP contribution in [0.5, 0.6) is 0 Å². The number of hydrogen-bond donors (Lipinski definition) is 2. The van der Waals surface area contributed by atoms with Gasteiger partial charge in [0.1, 0.15) is 22.0 Å². The average Bonchev–Trinajstić information content (AvgIpc) is 2.70. The largest absolute Gasteiger partial charge is 0.367 e. The molecule has 0 aliphatic carbocycles. The number of rotatable bonds is 4. The first-order valence-electron chi connectivity index (χ1n) is 10.3. The van der Waals surface area contributed by atoms with E-state index in [2.05, 4.69) is 31.6 Å². The normalized spacial score (nSPS) is 26.1. The number of likely N-dealkylation sites (tertiary alicyclic amines) is 1. The van der Waals surface area contributed by atoms with Gasteiger partial charge in [0.05, 0.1) is 11.5 Å². The maximum atomic E-state index is 11.6. The van der Waals surface area contributed by atoms with E-state index in [0.717, 1.165) is 76.2 Å². The molecule has 3 aliphatic heterocycles. The van der Waals surface area contributed by atoms with Crippen LogP contribution in [0.4, 0.5) is 5.82 Å². The van der Waals surface area contributed by atoms with E-state index in [1.807, 2.05) is 0 Å². The van der Waals surface area contributed by atoms with Gasteiger partial charge in [-0.15, -0.1) is 0 Å². The van der Waals surface area contributed by atoms with Gasteiger partial charge in [-0.3, -0.25) is 0 Å². The molecule has 0 radical (unpaired) electrons. The number of sulfone groups is 1. The Labute approximate surface area is 162 Å². The van der Waals surface area contributed by atoms with Gasteiger partial charge in [0.25, 0.3) is 0 Å². The molecule has 0 aromatic carbocycles. The van der Waals surface area contributed by atoms with Crippen molar-refractivity contribution in [2.75, 3.05) is 43.0 Å². The van der Waals surface area contributed by atoms with E-state index >= 15 is 0 Å². The van der Waals surface area contributed by atoms with Crippen LogP contribution in [0, 0.1) is 0 Å². The van der Waals surface area contributed by atoms with E-state index in [1.165, 1.54) is 0 Å². The summed E-state index contributed by atoms with van der Waals surface area (Å²) in [4.78, 5) is 11.4. The van der Waals surface area contributed by atoms with E-state index in [9.17, 15) is 8.42 Å². The molecule has 3 saturated heterocycles. The minimum atomic E-state index is -2.78. The summed E-state index contributed by atoms with van der Waals surface area (Å²) in [6.07, 6.45) is 7.74. The van der Waals surface area contributed by atoms with Gasteiger partial charge in [-0.25, -0.2) is 18.4 Å². The molecular weight excluding hydrogens is 362 g/mol. The van der Waals surface area contributed by atoms with Crippen LogP contribution in [0.15, 0.2) is 12.4 Å². The number of piperidine rings is 2. The standard InChI is InChI=1S/C19H31N5O2S/c25-27(26)11-5-17(6-12-27)24-9-3-16(4-10-24)23-19-13-18(21-14-22-19)15-1-7-20-8-2-15/h13-17,20H,1-12H2,(H,21,22,23). The van der Waals surface area contributed by atoms with Crippen LogP contribution in [0.3, 0.4) is 0 Å². The smallest absolute Gasteiger partial charge is 0.150 e. The highest BCUT2D eigenvalue weighted by Crippen LogP contribution is 2.26. The molecule has 0 unspecified atom stereocenters. The van der Waals surface area contributed by atoms with Gasteiger partial charge in [0.2, 0.25) is 0 Å². The molecule has 8 heteroatoms. The Bertz CT molecular complexity index is 713. The predicted molar refractivity (Wildman–Crippen MR) is 107 cm³/mol. The fourth-order valence-corrected chi connectivity index (χ4v) is 6.12. The Kier molecular flexibility index (Phi) is 5.94. The fourth-order valence-electron chi connectivity index (χ4n) is 4.65. The summed E-state index contributed by atoms with van der Waals surface area (Å²) in [6.45, 7) is 4.21. The monoisotopic (exact) mass is 393 g/mol. The molecule has 0 saturated carbocycles. The van der Waals surface area contributed by atoms with Crippen LogP contribution in [-0.2, 0) is 9.84 Å². The number of hydrogen-bond acceptors (Lipinski definition) is 7. The van der Waals surface area contributed by atoms with Crippen LogP contribution in [0.1, 0.15) is 50.1 Å². The zero-order valence-electron chi connectivity index (χ0n) is 15.9. The Morgan fingerprint density at radius 2 is 1.70 bits per heavy atom. The predicted octanol–water partition coefficient (Wildman–Crippen LogP) is 1.40. The fraction of sp³-hybridized carbons (Fsp3) is 0.789. The third-order valence-electron chi connectivity index (χ3n) is 6.37. The topological polar surface area (TPSA) is 87.2 Å². The maximum absolute atomic E-state index is 11.6. The Morgan fingerprint density at radius 1 is 1.00 bits per heavy atom. The number of nitrogens with zero attached hydrogens (tertiary/aromatic N) is 3. The second kappa shape index (κ2) is 8.41. The molecule has 4 heterocycles. The molecule has 0 spiro atoms. The summed E-state index contributed by atoms with van der Waals surface area (Å²) in [5.74, 6) is 2.20. The first-order chi connectivity index (χ1) is 13.1. The number of nitrogens with one attached hydrogen (secondary N) is 2. The Hall–Kier alpha value is -1.25. The number of aromatic nitrogens is 2. The highest BCUT2D eigenvalue weighted by Gasteiger charge is 2.30. The molecule has 0 amide bonds. The molecule has 0 atom stereocenters. The minimum absolute atomic E-state index is 0.357. The second-order valence-corrected chi connectivity index (χ2v) is 10.5. The molecule has 150 valence electrons. The SMILES string of the molecule is O=S1(=O)CCC(N2CCC(Nc3cc(C4CCNCC4)ncn3)CC2)CC1. The van der Waals surface area contributed by atoms with Gasteiger partial charge in [-0.05, 0) is 51.6 Å². The molecule has 0 bridgehead atoms. The van der Waals surface area contributed by atoms with Crippen molar-refractivity contribution < 1.29 is 8.42 Å². The molecule has 2 N–H and O–H groups in total. The third-order valence-corrected chi connectivity index (χ3v) is 8.08. The van der Waals surface area contributed by atoms with E-state index in [0.29, 0.717) is 29.5 Å². The van der Waals surface area contributed by atoms with Gasteiger partial charge < -0.3 is 15.5 Å². The van der Waals surface area contributed by atoms with E-state index in [4.69, 9.17) is 0 Å². The Balaban J connectivity index is 1.28. The second-order valence-electron chi connectivity index (χ2n) is 8.19. The van der Waals surface area contributed by atoms with E-state index in [1.54, 1.807) is 6.33 Å². The van der Waals surface area contributed by atoms with Crippen molar-refractivity contribution >= 4 is 15.7 Å². The van der Waals surface area contributed by atoms with Crippen molar-refractivity contribution in [1.82, 2.24) is 20.2 Å². The van der Waals surface area contributed by atoms with Gasteiger partial charge in [0, 0.05) is 42.9 Å². The molecule has 4 rings (SSSR count). The van der Waals surface area contributed by atoms with Crippen LogP contribution < -0.4 is 10.6 Å². The lowest BCUT2D eigenvalue weighted by molar-refractivity contribution is 0.147.